The van der Waals surface area contributed by atoms with Gasteiger partial charge in [0.1, 0.15) is 5.69 Å². The highest BCUT2D eigenvalue weighted by atomic mass is 16.4. The lowest BCUT2D eigenvalue weighted by Gasteiger charge is -2.54. The fourth-order valence-corrected chi connectivity index (χ4v) is 5.12. The number of aromatic carboxylic acids is 1. The van der Waals surface area contributed by atoms with E-state index in [1.54, 1.807) is 4.68 Å². The molecule has 4 saturated carbocycles. The number of nitrogens with one attached hydrogen (secondary N) is 1. The molecule has 5 rings (SSSR count). The van der Waals surface area contributed by atoms with E-state index in [9.17, 15) is 14.7 Å². The summed E-state index contributed by atoms with van der Waals surface area (Å²) in [4.78, 5) is 22.8. The Balaban J connectivity index is 1.77. The molecule has 102 valence electrons. The number of hydrogen-bond acceptors (Lipinski definition) is 2. The van der Waals surface area contributed by atoms with Crippen molar-refractivity contribution < 1.29 is 9.90 Å². The molecule has 1 aromatic heterocycles. The summed E-state index contributed by atoms with van der Waals surface area (Å²) >= 11 is 0. The lowest BCUT2D eigenvalue weighted by Crippen LogP contribution is -2.46. The zero-order valence-corrected chi connectivity index (χ0v) is 10.7. The minimum Gasteiger partial charge on any atom is -0.477 e. The quantitative estimate of drug-likeness (QED) is 0.854. The first-order chi connectivity index (χ1) is 9.11. The van der Waals surface area contributed by atoms with Gasteiger partial charge in [-0.3, -0.25) is 14.6 Å². The lowest BCUT2D eigenvalue weighted by molar-refractivity contribution is -0.0348. The molecule has 4 bridgehead atoms. The summed E-state index contributed by atoms with van der Waals surface area (Å²) in [6, 6.07) is 1.41. The molecule has 1 aromatic rings. The Morgan fingerprint density at radius 1 is 1.16 bits per heavy atom. The number of H-pyrrole nitrogens is 1. The van der Waals surface area contributed by atoms with E-state index in [2.05, 4.69) is 5.10 Å². The number of carboxylic acid groups (broad SMARTS) is 1. The van der Waals surface area contributed by atoms with Crippen molar-refractivity contribution in [2.24, 2.45) is 23.7 Å². The van der Waals surface area contributed by atoms with E-state index in [4.69, 9.17) is 0 Å². The van der Waals surface area contributed by atoms with Crippen LogP contribution in [-0.2, 0) is 0 Å². The molecule has 0 saturated heterocycles. The zero-order chi connectivity index (χ0) is 13.1. The van der Waals surface area contributed by atoms with Crippen molar-refractivity contribution in [1.29, 1.82) is 0 Å². The van der Waals surface area contributed by atoms with E-state index in [1.165, 1.54) is 38.2 Å². The molecule has 4 aliphatic rings. The molecule has 0 amide bonds. The standard InChI is InChI=1S/C14H18N2O3/c17-12-6-11(14(18)19)16(15-12)13-9-2-7-1-8(4-9)5-10(13)3-7/h6-10,13H,1-5H2,(H,15,17)(H,18,19). The number of carbonyl (C=O) groups is 1. The smallest absolute Gasteiger partial charge is 0.354 e. The Morgan fingerprint density at radius 2 is 1.74 bits per heavy atom. The highest BCUT2D eigenvalue weighted by Gasteiger charge is 2.49. The summed E-state index contributed by atoms with van der Waals surface area (Å²) in [7, 11) is 0. The third-order valence-electron chi connectivity index (χ3n) is 5.45. The number of aromatic amines is 1. The SMILES string of the molecule is O=C(O)c1cc(=O)[nH]n1C1C2CC3CC(C2)CC1C3. The first-order valence-corrected chi connectivity index (χ1v) is 7.16. The summed E-state index contributed by atoms with van der Waals surface area (Å²) in [5.74, 6) is 1.78. The molecule has 5 nitrogen and oxygen atoms in total. The van der Waals surface area contributed by atoms with E-state index in [0.717, 1.165) is 11.8 Å². The van der Waals surface area contributed by atoms with Crippen molar-refractivity contribution >= 4 is 5.97 Å². The maximum atomic E-state index is 11.5. The molecule has 0 aliphatic heterocycles. The molecule has 0 spiro atoms. The molecule has 19 heavy (non-hydrogen) atoms. The third kappa shape index (κ3) is 1.60. The Kier molecular flexibility index (Phi) is 2.23. The van der Waals surface area contributed by atoms with Gasteiger partial charge in [-0.2, -0.15) is 0 Å². The van der Waals surface area contributed by atoms with E-state index in [1.807, 2.05) is 0 Å². The Bertz CT molecular complexity index is 558. The van der Waals surface area contributed by atoms with Crippen LogP contribution >= 0.6 is 0 Å². The number of nitrogens with zero attached hydrogens (tertiary/aromatic N) is 1. The number of aromatic nitrogens is 2. The molecule has 0 unspecified atom stereocenters. The molecule has 0 radical (unpaired) electrons. The van der Waals surface area contributed by atoms with Gasteiger partial charge in [-0.05, 0) is 55.8 Å². The van der Waals surface area contributed by atoms with Crippen LogP contribution in [0.15, 0.2) is 10.9 Å². The zero-order valence-electron chi connectivity index (χ0n) is 10.7. The summed E-state index contributed by atoms with van der Waals surface area (Å²) < 4.78 is 1.66. The van der Waals surface area contributed by atoms with Crippen molar-refractivity contribution in [2.45, 2.75) is 38.1 Å². The highest BCUT2D eigenvalue weighted by molar-refractivity contribution is 5.85. The molecule has 1 heterocycles. The molecule has 4 aliphatic carbocycles. The average Bonchev–Trinajstić information content (AvgIpc) is 2.70. The van der Waals surface area contributed by atoms with Gasteiger partial charge in [-0.15, -0.1) is 0 Å². The molecule has 5 heteroatoms. The molecule has 2 N–H and O–H groups in total. The second kappa shape index (κ2) is 3.74. The number of rotatable bonds is 2. The Hall–Kier alpha value is -1.52. The Morgan fingerprint density at radius 3 is 2.26 bits per heavy atom. The lowest BCUT2D eigenvalue weighted by atomic mass is 9.54. The average molecular weight is 262 g/mol. The van der Waals surface area contributed by atoms with Gasteiger partial charge >= 0.3 is 5.97 Å². The van der Waals surface area contributed by atoms with Gasteiger partial charge in [0.25, 0.3) is 5.56 Å². The van der Waals surface area contributed by atoms with Crippen molar-refractivity contribution in [3.05, 3.63) is 22.1 Å². The van der Waals surface area contributed by atoms with Crippen molar-refractivity contribution in [3.63, 3.8) is 0 Å². The van der Waals surface area contributed by atoms with E-state index in [-0.39, 0.29) is 17.3 Å². The normalized spacial score (nSPS) is 39.7. The summed E-state index contributed by atoms with van der Waals surface area (Å²) in [6.45, 7) is 0. The fraction of sp³-hybridized carbons (Fsp3) is 0.714. The second-order valence-electron chi connectivity index (χ2n) is 6.60. The fourth-order valence-electron chi connectivity index (χ4n) is 5.12. The molecular formula is C14H18N2O3. The highest BCUT2D eigenvalue weighted by Crippen LogP contribution is 2.58. The van der Waals surface area contributed by atoms with Crippen LogP contribution in [0.5, 0.6) is 0 Å². The van der Waals surface area contributed by atoms with Gasteiger partial charge in [0.05, 0.1) is 6.04 Å². The molecule has 4 fully saturated rings. The van der Waals surface area contributed by atoms with Gasteiger partial charge in [0.2, 0.25) is 0 Å². The predicted molar refractivity (Wildman–Crippen MR) is 68.1 cm³/mol. The van der Waals surface area contributed by atoms with Gasteiger partial charge < -0.3 is 5.11 Å². The maximum absolute atomic E-state index is 11.5. The van der Waals surface area contributed by atoms with Crippen LogP contribution in [0.1, 0.15) is 48.6 Å². The van der Waals surface area contributed by atoms with Crippen LogP contribution in [0.3, 0.4) is 0 Å². The summed E-state index contributed by atoms with van der Waals surface area (Å²) in [6.07, 6.45) is 6.19. The minimum absolute atomic E-state index is 0.127. The first-order valence-electron chi connectivity index (χ1n) is 7.16. The third-order valence-corrected chi connectivity index (χ3v) is 5.45. The van der Waals surface area contributed by atoms with E-state index >= 15 is 0 Å². The van der Waals surface area contributed by atoms with Gasteiger partial charge in [-0.1, -0.05) is 0 Å². The Labute approximate surface area is 110 Å². The van der Waals surface area contributed by atoms with Crippen molar-refractivity contribution in [2.75, 3.05) is 0 Å². The van der Waals surface area contributed by atoms with Crippen LogP contribution < -0.4 is 5.56 Å². The molecule has 0 atom stereocenters. The minimum atomic E-state index is -1.01. The number of carboxylic acids is 1. The first kappa shape index (κ1) is 11.3. The van der Waals surface area contributed by atoms with Crippen LogP contribution in [0.2, 0.25) is 0 Å². The largest absolute Gasteiger partial charge is 0.477 e. The van der Waals surface area contributed by atoms with Crippen LogP contribution in [0, 0.1) is 23.7 Å². The van der Waals surface area contributed by atoms with Crippen molar-refractivity contribution in [1.82, 2.24) is 9.78 Å². The van der Waals surface area contributed by atoms with Crippen LogP contribution in [-0.4, -0.2) is 20.9 Å². The second-order valence-corrected chi connectivity index (χ2v) is 6.60. The monoisotopic (exact) mass is 262 g/mol. The van der Waals surface area contributed by atoms with Crippen molar-refractivity contribution in [3.8, 4) is 0 Å². The van der Waals surface area contributed by atoms with Crippen LogP contribution in [0.25, 0.3) is 0 Å². The van der Waals surface area contributed by atoms with Gasteiger partial charge in [0.15, 0.2) is 0 Å². The summed E-state index contributed by atoms with van der Waals surface area (Å²) in [5, 5.41) is 12.0. The number of hydrogen-bond donors (Lipinski definition) is 2. The van der Waals surface area contributed by atoms with Gasteiger partial charge in [0, 0.05) is 6.07 Å². The van der Waals surface area contributed by atoms with E-state index in [0.29, 0.717) is 11.8 Å². The topological polar surface area (TPSA) is 75.1 Å². The predicted octanol–water partition coefficient (Wildman–Crippen LogP) is 1.87. The summed E-state index contributed by atoms with van der Waals surface area (Å²) in [5.41, 5.74) is -0.173. The molecular weight excluding hydrogens is 244 g/mol. The molecule has 0 aromatic carbocycles. The van der Waals surface area contributed by atoms with Crippen LogP contribution in [0.4, 0.5) is 0 Å². The van der Waals surface area contributed by atoms with E-state index < -0.39 is 5.97 Å². The maximum Gasteiger partial charge on any atom is 0.354 e. The van der Waals surface area contributed by atoms with Gasteiger partial charge in [-0.25, -0.2) is 4.79 Å².